The molecule has 0 spiro atoms. The number of aliphatic carboxylic acids is 4. The van der Waals surface area contributed by atoms with Gasteiger partial charge in [0.2, 0.25) is 0 Å². The van der Waals surface area contributed by atoms with Gasteiger partial charge in [0.1, 0.15) is 0 Å². The highest BCUT2D eigenvalue weighted by atomic mass is 16.4. The van der Waals surface area contributed by atoms with Gasteiger partial charge in [0, 0.05) is 0 Å². The summed E-state index contributed by atoms with van der Waals surface area (Å²) < 4.78 is 0. The quantitative estimate of drug-likeness (QED) is 0.368. The van der Waals surface area contributed by atoms with E-state index in [1.807, 2.05) is 0 Å². The Morgan fingerprint density at radius 1 is 0.741 bits per heavy atom. The van der Waals surface area contributed by atoms with Gasteiger partial charge in [-0.25, -0.2) is 0 Å². The molecule has 0 radical (unpaired) electrons. The number of allylic oxidation sites excluding steroid dienone is 2. The highest BCUT2D eigenvalue weighted by Gasteiger charge is 2.65. The van der Waals surface area contributed by atoms with Gasteiger partial charge in [0.25, 0.3) is 0 Å². The van der Waals surface area contributed by atoms with Crippen LogP contribution in [0.4, 0.5) is 0 Å². The van der Waals surface area contributed by atoms with Crippen LogP contribution in [0.1, 0.15) is 47.0 Å². The lowest BCUT2D eigenvalue weighted by molar-refractivity contribution is -0.191. The Bertz CT molecular complexity index is 618. The lowest BCUT2D eigenvalue weighted by Gasteiger charge is -2.46. The molecular weight excluding hydrogens is 356 g/mol. The molecule has 0 bridgehead atoms. The van der Waals surface area contributed by atoms with Gasteiger partial charge in [-0.2, -0.15) is 0 Å². The molecule has 27 heavy (non-hydrogen) atoms. The molecule has 0 saturated heterocycles. The van der Waals surface area contributed by atoms with Crippen molar-refractivity contribution in [3.8, 4) is 0 Å². The second-order valence-corrected chi connectivity index (χ2v) is 7.77. The summed E-state index contributed by atoms with van der Waals surface area (Å²) in [6, 6.07) is 0. The van der Waals surface area contributed by atoms with Crippen molar-refractivity contribution >= 4 is 23.9 Å². The summed E-state index contributed by atoms with van der Waals surface area (Å²) in [4.78, 5) is 48.8. The summed E-state index contributed by atoms with van der Waals surface area (Å²) in [6.07, 6.45) is 3.76. The van der Waals surface area contributed by atoms with Crippen molar-refractivity contribution < 1.29 is 39.6 Å². The predicted molar refractivity (Wildman–Crippen MR) is 95.1 cm³/mol. The first kappa shape index (κ1) is 22.7. The van der Waals surface area contributed by atoms with Crippen LogP contribution in [0.5, 0.6) is 0 Å². The van der Waals surface area contributed by atoms with Crippen LogP contribution >= 0.6 is 0 Å². The fraction of sp³-hybridized carbons (Fsp3) is 0.684. The van der Waals surface area contributed by atoms with E-state index in [0.717, 1.165) is 0 Å². The Balaban J connectivity index is 3.86. The van der Waals surface area contributed by atoms with Crippen LogP contribution in [0, 0.1) is 34.5 Å². The van der Waals surface area contributed by atoms with E-state index in [2.05, 4.69) is 0 Å². The van der Waals surface area contributed by atoms with Crippen molar-refractivity contribution in [1.82, 2.24) is 0 Å². The molecule has 2 atom stereocenters. The van der Waals surface area contributed by atoms with Crippen molar-refractivity contribution in [2.45, 2.75) is 47.0 Å². The highest BCUT2D eigenvalue weighted by molar-refractivity contribution is 6.01. The molecule has 152 valence electrons. The zero-order chi connectivity index (χ0) is 21.2. The average molecular weight is 384 g/mol. The molecule has 0 aromatic rings. The zero-order valence-electron chi connectivity index (χ0n) is 16.0. The summed E-state index contributed by atoms with van der Waals surface area (Å²) in [6.45, 7) is 5.81. The molecule has 0 saturated carbocycles. The van der Waals surface area contributed by atoms with Crippen LogP contribution in [-0.2, 0) is 19.2 Å². The SMILES string of the molecule is CC(C)C(C(=O)O)(C(=O)O)C1CC=CCCC1C(C(=O)O)(C(=O)O)C(C)C. The summed E-state index contributed by atoms with van der Waals surface area (Å²) in [5, 5.41) is 39.6. The predicted octanol–water partition coefficient (Wildman–Crippen LogP) is 2.58. The van der Waals surface area contributed by atoms with Crippen LogP contribution < -0.4 is 0 Å². The average Bonchev–Trinajstić information content (AvgIpc) is 2.73. The zero-order valence-corrected chi connectivity index (χ0v) is 16.0. The number of rotatable bonds is 8. The normalized spacial score (nSPS) is 21.1. The Kier molecular flexibility index (Phi) is 6.80. The molecule has 0 heterocycles. The van der Waals surface area contributed by atoms with Gasteiger partial charge in [-0.1, -0.05) is 39.8 Å². The minimum absolute atomic E-state index is 0.0174. The lowest BCUT2D eigenvalue weighted by Crippen LogP contribution is -2.59. The van der Waals surface area contributed by atoms with Crippen LogP contribution in [0.25, 0.3) is 0 Å². The van der Waals surface area contributed by atoms with E-state index in [-0.39, 0.29) is 12.8 Å². The molecule has 8 heteroatoms. The van der Waals surface area contributed by atoms with Crippen LogP contribution in [0.2, 0.25) is 0 Å². The summed E-state index contributed by atoms with van der Waals surface area (Å²) in [7, 11) is 0. The fourth-order valence-electron chi connectivity index (χ4n) is 4.71. The van der Waals surface area contributed by atoms with Crippen LogP contribution in [0.3, 0.4) is 0 Å². The minimum Gasteiger partial charge on any atom is -0.480 e. The fourth-order valence-corrected chi connectivity index (χ4v) is 4.71. The van der Waals surface area contributed by atoms with Crippen LogP contribution in [-0.4, -0.2) is 44.3 Å². The molecule has 1 aliphatic carbocycles. The third-order valence-corrected chi connectivity index (χ3v) is 6.09. The van der Waals surface area contributed by atoms with Crippen LogP contribution in [0.15, 0.2) is 12.2 Å². The van der Waals surface area contributed by atoms with Crippen molar-refractivity contribution in [3.63, 3.8) is 0 Å². The number of carboxylic acid groups (broad SMARTS) is 4. The molecule has 0 aromatic heterocycles. The second-order valence-electron chi connectivity index (χ2n) is 7.77. The van der Waals surface area contributed by atoms with Gasteiger partial charge < -0.3 is 20.4 Å². The van der Waals surface area contributed by atoms with Gasteiger partial charge in [-0.3, -0.25) is 19.2 Å². The summed E-state index contributed by atoms with van der Waals surface area (Å²) in [5.74, 6) is -10.4. The molecule has 1 rings (SSSR count). The van der Waals surface area contributed by atoms with E-state index in [1.165, 1.54) is 27.7 Å². The Hall–Kier alpha value is -2.38. The van der Waals surface area contributed by atoms with Gasteiger partial charge in [-0.15, -0.1) is 0 Å². The Morgan fingerprint density at radius 3 is 1.44 bits per heavy atom. The second kappa shape index (κ2) is 8.10. The van der Waals surface area contributed by atoms with Gasteiger partial charge in [0.15, 0.2) is 10.8 Å². The van der Waals surface area contributed by atoms with Crippen molar-refractivity contribution in [2.24, 2.45) is 34.5 Å². The maximum Gasteiger partial charge on any atom is 0.321 e. The smallest absolute Gasteiger partial charge is 0.321 e. The maximum absolute atomic E-state index is 12.2. The first-order chi connectivity index (χ1) is 12.4. The lowest BCUT2D eigenvalue weighted by atomic mass is 9.53. The molecule has 0 aromatic carbocycles. The van der Waals surface area contributed by atoms with Gasteiger partial charge in [-0.05, 0) is 42.9 Å². The molecule has 4 N–H and O–H groups in total. The largest absolute Gasteiger partial charge is 0.480 e. The van der Waals surface area contributed by atoms with E-state index < -0.39 is 58.4 Å². The highest BCUT2D eigenvalue weighted by Crippen LogP contribution is 2.53. The Morgan fingerprint density at radius 2 is 1.11 bits per heavy atom. The number of hydrogen-bond acceptors (Lipinski definition) is 4. The van der Waals surface area contributed by atoms with Gasteiger partial charge in [0.05, 0.1) is 0 Å². The molecule has 8 nitrogen and oxygen atoms in total. The van der Waals surface area contributed by atoms with E-state index in [1.54, 1.807) is 12.2 Å². The number of carboxylic acids is 4. The standard InChI is InChI=1S/C19H28O8/c1-10(2)18(14(20)21,15(22)23)12-8-6-5-7-9-13(12)19(11(3)4,16(24)25)17(26)27/h5-6,10-13H,7-9H2,1-4H3,(H,20,21)(H,22,23)(H,24,25)(H,26,27). The maximum atomic E-state index is 12.2. The van der Waals surface area contributed by atoms with E-state index in [0.29, 0.717) is 6.42 Å². The summed E-state index contributed by atoms with van der Waals surface area (Å²) in [5.41, 5.74) is -4.59. The Labute approximate surface area is 157 Å². The third kappa shape index (κ3) is 3.33. The van der Waals surface area contributed by atoms with Gasteiger partial charge >= 0.3 is 23.9 Å². The molecule has 1 aliphatic rings. The molecular formula is C19H28O8. The monoisotopic (exact) mass is 384 g/mol. The van der Waals surface area contributed by atoms with Crippen molar-refractivity contribution in [3.05, 3.63) is 12.2 Å². The molecule has 0 fully saturated rings. The van der Waals surface area contributed by atoms with Crippen molar-refractivity contribution in [1.29, 1.82) is 0 Å². The number of hydrogen-bond donors (Lipinski definition) is 4. The number of carbonyl (C=O) groups is 4. The van der Waals surface area contributed by atoms with E-state index in [9.17, 15) is 39.6 Å². The molecule has 2 unspecified atom stereocenters. The third-order valence-electron chi connectivity index (χ3n) is 6.09. The molecule has 0 aliphatic heterocycles. The first-order valence-corrected chi connectivity index (χ1v) is 8.97. The molecule has 0 amide bonds. The summed E-state index contributed by atoms with van der Waals surface area (Å²) >= 11 is 0. The topological polar surface area (TPSA) is 149 Å². The van der Waals surface area contributed by atoms with Crippen molar-refractivity contribution in [2.75, 3.05) is 0 Å². The first-order valence-electron chi connectivity index (χ1n) is 8.97. The van der Waals surface area contributed by atoms with E-state index in [4.69, 9.17) is 0 Å². The minimum atomic E-state index is -2.30. The van der Waals surface area contributed by atoms with E-state index >= 15 is 0 Å².